The molecule has 0 aliphatic rings. The molecule has 0 heterocycles. The largest absolute Gasteiger partial charge is 0.353 e. The van der Waals surface area contributed by atoms with Crippen molar-refractivity contribution in [1.29, 1.82) is 0 Å². The van der Waals surface area contributed by atoms with Crippen molar-refractivity contribution < 1.29 is 4.79 Å². The van der Waals surface area contributed by atoms with Crippen LogP contribution < -0.4 is 5.32 Å². The van der Waals surface area contributed by atoms with Gasteiger partial charge in [-0.25, -0.2) is 0 Å². The summed E-state index contributed by atoms with van der Waals surface area (Å²) in [5, 5.41) is 2.98. The maximum absolute atomic E-state index is 11.7. The van der Waals surface area contributed by atoms with Crippen molar-refractivity contribution in [3.63, 3.8) is 0 Å². The lowest BCUT2D eigenvalue weighted by Gasteiger charge is -2.17. The smallest absolute Gasteiger partial charge is 0.224 e. The van der Waals surface area contributed by atoms with Crippen molar-refractivity contribution in [3.8, 4) is 0 Å². The zero-order valence-electron chi connectivity index (χ0n) is 10.7. The summed E-state index contributed by atoms with van der Waals surface area (Å²) < 4.78 is 0. The van der Waals surface area contributed by atoms with E-state index in [2.05, 4.69) is 24.4 Å². The van der Waals surface area contributed by atoms with Crippen molar-refractivity contribution in [2.75, 3.05) is 5.88 Å². The van der Waals surface area contributed by atoms with Crippen LogP contribution in [0.25, 0.3) is 0 Å². The first-order valence-corrected chi connectivity index (χ1v) is 6.49. The molecule has 0 radical (unpaired) electrons. The molecule has 0 aliphatic heterocycles. The third kappa shape index (κ3) is 4.39. The van der Waals surface area contributed by atoms with E-state index in [1.54, 1.807) is 0 Å². The van der Waals surface area contributed by atoms with Crippen LogP contribution in [0.1, 0.15) is 25.0 Å². The van der Waals surface area contributed by atoms with E-state index in [0.717, 1.165) is 6.42 Å². The van der Waals surface area contributed by atoms with Gasteiger partial charge < -0.3 is 5.32 Å². The summed E-state index contributed by atoms with van der Waals surface area (Å²) in [5.41, 5.74) is 2.54. The van der Waals surface area contributed by atoms with E-state index in [1.807, 2.05) is 26.0 Å². The van der Waals surface area contributed by atoms with Crippen LogP contribution >= 0.6 is 11.6 Å². The van der Waals surface area contributed by atoms with Crippen LogP contribution in [-0.2, 0) is 11.2 Å². The summed E-state index contributed by atoms with van der Waals surface area (Å²) >= 11 is 5.65. The number of carbonyl (C=O) groups is 1. The Kier molecular flexibility index (Phi) is 5.49. The van der Waals surface area contributed by atoms with Crippen molar-refractivity contribution in [2.45, 2.75) is 33.2 Å². The molecule has 2 atom stereocenters. The lowest BCUT2D eigenvalue weighted by atomic mass is 10.0. The lowest BCUT2D eigenvalue weighted by molar-refractivity contribution is -0.124. The average molecular weight is 254 g/mol. The fraction of sp³-hybridized carbons (Fsp3) is 0.500. The second kappa shape index (κ2) is 6.65. The second-order valence-electron chi connectivity index (χ2n) is 4.60. The first-order chi connectivity index (χ1) is 8.04. The maximum atomic E-state index is 11.7. The zero-order chi connectivity index (χ0) is 12.8. The number of benzene rings is 1. The highest BCUT2D eigenvalue weighted by Crippen LogP contribution is 2.10. The molecule has 0 saturated heterocycles. The Hall–Kier alpha value is -1.02. The van der Waals surface area contributed by atoms with Crippen LogP contribution in [0.4, 0.5) is 0 Å². The fourth-order valence-corrected chi connectivity index (χ4v) is 1.82. The van der Waals surface area contributed by atoms with Gasteiger partial charge in [0.1, 0.15) is 0 Å². The summed E-state index contributed by atoms with van der Waals surface area (Å²) in [6.07, 6.45) is 0.855. The summed E-state index contributed by atoms with van der Waals surface area (Å²) in [5.74, 6) is 0.264. The molecule has 2 nitrogen and oxygen atoms in total. The Morgan fingerprint density at radius 3 is 2.59 bits per heavy atom. The minimum Gasteiger partial charge on any atom is -0.353 e. The third-order valence-electron chi connectivity index (χ3n) is 2.86. The van der Waals surface area contributed by atoms with Crippen molar-refractivity contribution in [2.24, 2.45) is 5.92 Å². The number of nitrogens with one attached hydrogen (secondary N) is 1. The monoisotopic (exact) mass is 253 g/mol. The van der Waals surface area contributed by atoms with Gasteiger partial charge in [0.2, 0.25) is 5.91 Å². The Labute approximate surface area is 108 Å². The highest BCUT2D eigenvalue weighted by atomic mass is 35.5. The number of carbonyl (C=O) groups excluding carboxylic acids is 1. The van der Waals surface area contributed by atoms with Crippen LogP contribution in [0.15, 0.2) is 24.3 Å². The number of halogens is 1. The van der Waals surface area contributed by atoms with Gasteiger partial charge in [0, 0.05) is 17.8 Å². The van der Waals surface area contributed by atoms with Crippen LogP contribution in [0.3, 0.4) is 0 Å². The van der Waals surface area contributed by atoms with Crippen LogP contribution in [-0.4, -0.2) is 17.8 Å². The number of amides is 1. The topological polar surface area (TPSA) is 29.1 Å². The number of rotatable bonds is 5. The van der Waals surface area contributed by atoms with E-state index in [9.17, 15) is 4.79 Å². The summed E-state index contributed by atoms with van der Waals surface area (Å²) in [6, 6.07) is 8.37. The van der Waals surface area contributed by atoms with E-state index in [-0.39, 0.29) is 17.9 Å². The molecule has 0 aliphatic carbocycles. The Bertz CT molecular complexity index is 378. The van der Waals surface area contributed by atoms with E-state index in [4.69, 9.17) is 11.6 Å². The number of alkyl halides is 1. The lowest BCUT2D eigenvalue weighted by Crippen LogP contribution is -2.38. The van der Waals surface area contributed by atoms with Gasteiger partial charge in [-0.3, -0.25) is 4.79 Å². The van der Waals surface area contributed by atoms with E-state index in [0.29, 0.717) is 5.88 Å². The van der Waals surface area contributed by atoms with Crippen molar-refractivity contribution in [3.05, 3.63) is 35.4 Å². The molecule has 0 aromatic heterocycles. The maximum Gasteiger partial charge on any atom is 0.224 e. The SMILES string of the molecule is Cc1ccccc1CC(C)NC(=O)C(C)CCl. The van der Waals surface area contributed by atoms with Crippen LogP contribution in [0.2, 0.25) is 0 Å². The molecule has 0 spiro atoms. The minimum absolute atomic E-state index is 0.0288. The highest BCUT2D eigenvalue weighted by Gasteiger charge is 2.14. The zero-order valence-corrected chi connectivity index (χ0v) is 11.4. The summed E-state index contributed by atoms with van der Waals surface area (Å²) in [4.78, 5) is 11.7. The summed E-state index contributed by atoms with van der Waals surface area (Å²) in [7, 11) is 0. The fourth-order valence-electron chi connectivity index (χ4n) is 1.68. The Morgan fingerprint density at radius 1 is 1.35 bits per heavy atom. The van der Waals surface area contributed by atoms with E-state index in [1.165, 1.54) is 11.1 Å². The summed E-state index contributed by atoms with van der Waals surface area (Å²) in [6.45, 7) is 5.94. The first-order valence-electron chi connectivity index (χ1n) is 5.95. The van der Waals surface area contributed by atoms with Gasteiger partial charge >= 0.3 is 0 Å². The molecule has 94 valence electrons. The minimum atomic E-state index is -0.129. The predicted octanol–water partition coefficient (Wildman–Crippen LogP) is 2.92. The molecule has 3 heteroatoms. The number of hydrogen-bond acceptors (Lipinski definition) is 1. The quantitative estimate of drug-likeness (QED) is 0.804. The molecule has 1 aromatic rings. The van der Waals surface area contributed by atoms with Gasteiger partial charge in [-0.1, -0.05) is 31.2 Å². The van der Waals surface area contributed by atoms with Crippen molar-refractivity contribution in [1.82, 2.24) is 5.32 Å². The van der Waals surface area contributed by atoms with Crippen molar-refractivity contribution >= 4 is 17.5 Å². The molecule has 1 N–H and O–H groups in total. The Balaban J connectivity index is 2.53. The number of hydrogen-bond donors (Lipinski definition) is 1. The second-order valence-corrected chi connectivity index (χ2v) is 4.90. The normalized spacial score (nSPS) is 14.1. The predicted molar refractivity (Wildman–Crippen MR) is 72.4 cm³/mol. The van der Waals surface area contributed by atoms with Gasteiger partial charge in [0.05, 0.1) is 0 Å². The van der Waals surface area contributed by atoms with E-state index >= 15 is 0 Å². The van der Waals surface area contributed by atoms with Crippen LogP contribution in [0.5, 0.6) is 0 Å². The average Bonchev–Trinajstić information content (AvgIpc) is 2.31. The van der Waals surface area contributed by atoms with Gasteiger partial charge in [0.25, 0.3) is 0 Å². The molecule has 1 aromatic carbocycles. The van der Waals surface area contributed by atoms with Gasteiger partial charge in [0.15, 0.2) is 0 Å². The number of aryl methyl sites for hydroxylation is 1. The molecule has 1 amide bonds. The Morgan fingerprint density at radius 2 is 2.00 bits per heavy atom. The molecule has 1 rings (SSSR count). The van der Waals surface area contributed by atoms with Gasteiger partial charge in [-0.05, 0) is 31.4 Å². The molecule has 0 saturated carbocycles. The van der Waals surface area contributed by atoms with E-state index < -0.39 is 0 Å². The third-order valence-corrected chi connectivity index (χ3v) is 3.32. The molecule has 0 fully saturated rings. The first kappa shape index (κ1) is 14.0. The molecule has 2 unspecified atom stereocenters. The van der Waals surface area contributed by atoms with Crippen LogP contribution in [0, 0.1) is 12.8 Å². The molecule has 0 bridgehead atoms. The highest BCUT2D eigenvalue weighted by molar-refractivity contribution is 6.19. The van der Waals surface area contributed by atoms with Gasteiger partial charge in [-0.15, -0.1) is 11.6 Å². The molecule has 17 heavy (non-hydrogen) atoms. The van der Waals surface area contributed by atoms with Gasteiger partial charge in [-0.2, -0.15) is 0 Å². The molecular weight excluding hydrogens is 234 g/mol. The molecular formula is C14H20ClNO. The standard InChI is InChI=1S/C14H20ClNO/c1-10-6-4-5-7-13(10)8-12(3)16-14(17)11(2)9-15/h4-7,11-12H,8-9H2,1-3H3,(H,16,17).